The standard InChI is InChI=1S/C17H21ClO3/c1-21-16-13(11-4-2-3-5-11)8-12(9-14(16)18)17(6-7-17)10-15(19)20/h8-9,11H,2-7,10H2,1H3,(H,19,20). The lowest BCUT2D eigenvalue weighted by molar-refractivity contribution is -0.137. The van der Waals surface area contributed by atoms with Crippen molar-refractivity contribution in [1.29, 1.82) is 0 Å². The van der Waals surface area contributed by atoms with Gasteiger partial charge in [0.1, 0.15) is 5.75 Å². The van der Waals surface area contributed by atoms with Gasteiger partial charge in [0.2, 0.25) is 0 Å². The van der Waals surface area contributed by atoms with Crippen molar-refractivity contribution in [1.82, 2.24) is 0 Å². The van der Waals surface area contributed by atoms with Gasteiger partial charge in [-0.25, -0.2) is 0 Å². The summed E-state index contributed by atoms with van der Waals surface area (Å²) in [4.78, 5) is 11.1. The molecule has 1 N–H and O–H groups in total. The number of halogens is 1. The van der Waals surface area contributed by atoms with Crippen molar-refractivity contribution in [3.8, 4) is 5.75 Å². The predicted octanol–water partition coefficient (Wildman–Crippen LogP) is 4.51. The highest BCUT2D eigenvalue weighted by molar-refractivity contribution is 6.32. The van der Waals surface area contributed by atoms with Gasteiger partial charge in [-0.2, -0.15) is 0 Å². The number of methoxy groups -OCH3 is 1. The Kier molecular flexibility index (Phi) is 3.87. The first-order valence-electron chi connectivity index (χ1n) is 7.65. The molecule has 0 radical (unpaired) electrons. The van der Waals surface area contributed by atoms with Gasteiger partial charge in [-0.3, -0.25) is 4.79 Å². The number of carboxylic acids is 1. The minimum Gasteiger partial charge on any atom is -0.495 e. The number of carbonyl (C=O) groups is 1. The van der Waals surface area contributed by atoms with Crippen LogP contribution in [0.2, 0.25) is 5.02 Å². The normalized spacial score (nSPS) is 20.5. The summed E-state index contributed by atoms with van der Waals surface area (Å²) < 4.78 is 5.51. The Morgan fingerprint density at radius 1 is 1.38 bits per heavy atom. The summed E-state index contributed by atoms with van der Waals surface area (Å²) in [7, 11) is 1.66. The molecule has 0 aliphatic heterocycles. The molecular formula is C17H21ClO3. The summed E-state index contributed by atoms with van der Waals surface area (Å²) in [5, 5.41) is 9.76. The van der Waals surface area contributed by atoms with E-state index in [4.69, 9.17) is 21.4 Å². The molecule has 114 valence electrons. The Bertz CT molecular complexity index is 557. The maximum absolute atomic E-state index is 11.1. The fourth-order valence-corrected chi connectivity index (χ4v) is 3.99. The quantitative estimate of drug-likeness (QED) is 0.870. The molecule has 0 heterocycles. The Hall–Kier alpha value is -1.22. The van der Waals surface area contributed by atoms with Crippen LogP contribution in [-0.2, 0) is 10.2 Å². The second-order valence-corrected chi connectivity index (χ2v) is 6.82. The molecule has 0 spiro atoms. The van der Waals surface area contributed by atoms with Crippen molar-refractivity contribution < 1.29 is 14.6 Å². The van der Waals surface area contributed by atoms with E-state index in [1.807, 2.05) is 6.07 Å². The Morgan fingerprint density at radius 3 is 2.57 bits per heavy atom. The molecule has 1 aromatic carbocycles. The molecule has 2 aliphatic carbocycles. The SMILES string of the molecule is COc1c(Cl)cc(C2(CC(=O)O)CC2)cc1C1CCCC1. The van der Waals surface area contributed by atoms with Crippen molar-refractivity contribution in [2.45, 2.75) is 56.3 Å². The fourth-order valence-electron chi connectivity index (χ4n) is 3.68. The molecule has 2 aliphatic rings. The monoisotopic (exact) mass is 308 g/mol. The molecule has 1 aromatic rings. The van der Waals surface area contributed by atoms with E-state index < -0.39 is 5.97 Å². The van der Waals surface area contributed by atoms with Crippen molar-refractivity contribution in [2.75, 3.05) is 7.11 Å². The number of carboxylic acid groups (broad SMARTS) is 1. The van der Waals surface area contributed by atoms with E-state index in [1.165, 1.54) is 31.2 Å². The Morgan fingerprint density at radius 2 is 2.05 bits per heavy atom. The van der Waals surface area contributed by atoms with E-state index in [9.17, 15) is 4.79 Å². The van der Waals surface area contributed by atoms with E-state index in [0.29, 0.717) is 10.9 Å². The third kappa shape index (κ3) is 2.76. The highest BCUT2D eigenvalue weighted by atomic mass is 35.5. The molecule has 0 amide bonds. The van der Waals surface area contributed by atoms with Crippen LogP contribution in [0.15, 0.2) is 12.1 Å². The van der Waals surface area contributed by atoms with Crippen molar-refractivity contribution in [2.24, 2.45) is 0 Å². The number of benzene rings is 1. The largest absolute Gasteiger partial charge is 0.495 e. The first kappa shape index (κ1) is 14.7. The van der Waals surface area contributed by atoms with Crippen LogP contribution in [0.5, 0.6) is 5.75 Å². The van der Waals surface area contributed by atoms with E-state index >= 15 is 0 Å². The Labute approximate surface area is 130 Å². The van der Waals surface area contributed by atoms with Crippen LogP contribution in [0.4, 0.5) is 0 Å². The van der Waals surface area contributed by atoms with Gasteiger partial charge in [0.15, 0.2) is 0 Å². The molecule has 0 unspecified atom stereocenters. The second-order valence-electron chi connectivity index (χ2n) is 6.41. The summed E-state index contributed by atoms with van der Waals surface area (Å²) in [6.07, 6.45) is 6.90. The number of hydrogen-bond acceptors (Lipinski definition) is 2. The zero-order valence-corrected chi connectivity index (χ0v) is 13.1. The van der Waals surface area contributed by atoms with Crippen LogP contribution in [0.3, 0.4) is 0 Å². The molecule has 3 nitrogen and oxygen atoms in total. The average molecular weight is 309 g/mol. The topological polar surface area (TPSA) is 46.5 Å². The maximum atomic E-state index is 11.1. The summed E-state index contributed by atoms with van der Waals surface area (Å²) in [5.41, 5.74) is 2.06. The zero-order valence-electron chi connectivity index (χ0n) is 12.3. The number of rotatable bonds is 5. The fraction of sp³-hybridized carbons (Fsp3) is 0.588. The van der Waals surface area contributed by atoms with Crippen LogP contribution >= 0.6 is 11.6 Å². The first-order chi connectivity index (χ1) is 10.1. The van der Waals surface area contributed by atoms with Gasteiger partial charge in [-0.1, -0.05) is 30.5 Å². The molecular weight excluding hydrogens is 288 g/mol. The van der Waals surface area contributed by atoms with Gasteiger partial charge in [0.05, 0.1) is 18.6 Å². The second kappa shape index (κ2) is 5.53. The van der Waals surface area contributed by atoms with E-state index in [2.05, 4.69) is 6.07 Å². The van der Waals surface area contributed by atoms with E-state index in [1.54, 1.807) is 7.11 Å². The highest BCUT2D eigenvalue weighted by Crippen LogP contribution is 2.54. The minimum absolute atomic E-state index is 0.194. The number of ether oxygens (including phenoxy) is 1. The van der Waals surface area contributed by atoms with E-state index in [0.717, 1.165) is 24.2 Å². The molecule has 2 fully saturated rings. The number of aliphatic carboxylic acids is 1. The van der Waals surface area contributed by atoms with Gasteiger partial charge in [0, 0.05) is 5.41 Å². The van der Waals surface area contributed by atoms with Crippen LogP contribution in [0, 0.1) is 0 Å². The smallest absolute Gasteiger partial charge is 0.304 e. The average Bonchev–Trinajstić information content (AvgIpc) is 3.01. The molecule has 3 rings (SSSR count). The molecule has 0 aromatic heterocycles. The minimum atomic E-state index is -0.734. The zero-order chi connectivity index (χ0) is 15.0. The van der Waals surface area contributed by atoms with Crippen molar-refractivity contribution in [3.05, 3.63) is 28.3 Å². The van der Waals surface area contributed by atoms with Gasteiger partial charge >= 0.3 is 5.97 Å². The van der Waals surface area contributed by atoms with Gasteiger partial charge in [-0.15, -0.1) is 0 Å². The predicted molar refractivity (Wildman–Crippen MR) is 82.4 cm³/mol. The summed E-state index contributed by atoms with van der Waals surface area (Å²) in [6.45, 7) is 0. The highest BCUT2D eigenvalue weighted by Gasteiger charge is 2.46. The summed E-state index contributed by atoms with van der Waals surface area (Å²) in [5.74, 6) is 0.540. The molecule has 4 heteroatoms. The maximum Gasteiger partial charge on any atom is 0.304 e. The first-order valence-corrected chi connectivity index (χ1v) is 8.03. The Balaban J connectivity index is 2.01. The molecule has 0 atom stereocenters. The van der Waals surface area contributed by atoms with Crippen LogP contribution in [0.25, 0.3) is 0 Å². The summed E-state index contributed by atoms with van der Waals surface area (Å²) in [6, 6.07) is 4.07. The molecule has 2 saturated carbocycles. The van der Waals surface area contributed by atoms with Crippen molar-refractivity contribution >= 4 is 17.6 Å². The van der Waals surface area contributed by atoms with Gasteiger partial charge in [0.25, 0.3) is 0 Å². The van der Waals surface area contributed by atoms with Crippen LogP contribution in [0.1, 0.15) is 62.0 Å². The number of hydrogen-bond donors (Lipinski definition) is 1. The van der Waals surface area contributed by atoms with Gasteiger partial charge in [-0.05, 0) is 48.8 Å². The lowest BCUT2D eigenvalue weighted by Gasteiger charge is -2.21. The third-order valence-corrected chi connectivity index (χ3v) is 5.31. The van der Waals surface area contributed by atoms with Gasteiger partial charge < -0.3 is 9.84 Å². The van der Waals surface area contributed by atoms with Crippen LogP contribution in [-0.4, -0.2) is 18.2 Å². The molecule has 0 bridgehead atoms. The van der Waals surface area contributed by atoms with E-state index in [-0.39, 0.29) is 11.8 Å². The summed E-state index contributed by atoms with van der Waals surface area (Å²) >= 11 is 6.41. The lowest BCUT2D eigenvalue weighted by Crippen LogP contribution is -2.14. The van der Waals surface area contributed by atoms with Crippen LogP contribution < -0.4 is 4.74 Å². The third-order valence-electron chi connectivity index (χ3n) is 5.03. The molecule has 0 saturated heterocycles. The lowest BCUT2D eigenvalue weighted by atomic mass is 9.87. The molecule has 21 heavy (non-hydrogen) atoms. The van der Waals surface area contributed by atoms with Crippen molar-refractivity contribution in [3.63, 3.8) is 0 Å².